The number of rotatable bonds is 3. The molecular weight excluding hydrogens is 230 g/mol. The second-order valence-corrected chi connectivity index (χ2v) is 5.46. The van der Waals surface area contributed by atoms with Gasteiger partial charge in [0.2, 0.25) is 0 Å². The Kier molecular flexibility index (Phi) is 3.36. The summed E-state index contributed by atoms with van der Waals surface area (Å²) in [4.78, 5) is 0. The summed E-state index contributed by atoms with van der Waals surface area (Å²) in [5.74, 6) is 0. The average molecular weight is 249 g/mol. The van der Waals surface area contributed by atoms with Gasteiger partial charge in [0.25, 0.3) is 0 Å². The van der Waals surface area contributed by atoms with E-state index in [2.05, 4.69) is 10.3 Å². The molecule has 0 fully saturated rings. The summed E-state index contributed by atoms with van der Waals surface area (Å²) < 4.78 is 7.03. The molecule has 0 saturated carbocycles. The molecular formula is C13H19N3O2. The molecule has 2 aromatic rings. The van der Waals surface area contributed by atoms with Crippen LogP contribution in [-0.2, 0) is 4.74 Å². The van der Waals surface area contributed by atoms with E-state index in [-0.39, 0.29) is 5.41 Å². The Labute approximate surface area is 106 Å². The number of ether oxygens (including phenoxy) is 1. The lowest BCUT2D eigenvalue weighted by atomic mass is 9.88. The molecule has 98 valence electrons. The Bertz CT molecular complexity index is 530. The Hall–Kier alpha value is -1.46. The van der Waals surface area contributed by atoms with Gasteiger partial charge in [0.05, 0.1) is 5.52 Å². The van der Waals surface area contributed by atoms with Gasteiger partial charge in [0, 0.05) is 7.11 Å². The van der Waals surface area contributed by atoms with Crippen LogP contribution in [0.25, 0.3) is 11.0 Å². The zero-order chi connectivity index (χ0) is 13.3. The number of methoxy groups -OCH3 is 1. The molecule has 18 heavy (non-hydrogen) atoms. The first-order chi connectivity index (χ1) is 8.45. The Balaban J connectivity index is 2.45. The molecule has 1 aromatic carbocycles. The minimum atomic E-state index is -0.674. The van der Waals surface area contributed by atoms with E-state index in [0.717, 1.165) is 11.0 Å². The standard InChI is InChI=1S/C13H19N3O2/c1-13(2,3)11(17)12(18-4)16-10-8-6-5-7-9(10)14-15-16/h5-8,11-12,17H,1-4H3. The van der Waals surface area contributed by atoms with E-state index >= 15 is 0 Å². The van der Waals surface area contributed by atoms with Crippen LogP contribution in [0.2, 0.25) is 0 Å². The van der Waals surface area contributed by atoms with Crippen molar-refractivity contribution in [1.82, 2.24) is 15.0 Å². The predicted octanol–water partition coefficient (Wildman–Crippen LogP) is 1.98. The molecule has 1 aromatic heterocycles. The summed E-state index contributed by atoms with van der Waals surface area (Å²) in [7, 11) is 1.57. The summed E-state index contributed by atoms with van der Waals surface area (Å²) >= 11 is 0. The SMILES string of the molecule is COC(C(O)C(C)(C)C)n1nnc2ccccc21. The van der Waals surface area contributed by atoms with Crippen LogP contribution >= 0.6 is 0 Å². The highest BCUT2D eigenvalue weighted by Gasteiger charge is 2.33. The van der Waals surface area contributed by atoms with Crippen LogP contribution in [0.1, 0.15) is 27.0 Å². The molecule has 5 heteroatoms. The summed E-state index contributed by atoms with van der Waals surface area (Å²) in [6, 6.07) is 7.62. The van der Waals surface area contributed by atoms with Gasteiger partial charge in [-0.05, 0) is 17.5 Å². The number of para-hydroxylation sites is 1. The molecule has 5 nitrogen and oxygen atoms in total. The zero-order valence-electron chi connectivity index (χ0n) is 11.2. The first-order valence-corrected chi connectivity index (χ1v) is 5.96. The Morgan fingerprint density at radius 3 is 2.56 bits per heavy atom. The number of nitrogens with zero attached hydrogens (tertiary/aromatic N) is 3. The van der Waals surface area contributed by atoms with Crippen molar-refractivity contribution in [2.24, 2.45) is 5.41 Å². The number of aromatic nitrogens is 3. The maximum atomic E-state index is 10.4. The molecule has 1 heterocycles. The normalized spacial score (nSPS) is 15.8. The Morgan fingerprint density at radius 2 is 1.94 bits per heavy atom. The van der Waals surface area contributed by atoms with Crippen LogP contribution in [0.5, 0.6) is 0 Å². The third kappa shape index (κ3) is 2.23. The molecule has 2 rings (SSSR count). The maximum absolute atomic E-state index is 10.4. The molecule has 1 N–H and O–H groups in total. The molecule has 0 radical (unpaired) electrons. The summed E-state index contributed by atoms with van der Waals surface area (Å²) in [5, 5.41) is 18.5. The van der Waals surface area contributed by atoms with Crippen molar-refractivity contribution in [1.29, 1.82) is 0 Å². The van der Waals surface area contributed by atoms with Gasteiger partial charge in [-0.25, -0.2) is 4.68 Å². The van der Waals surface area contributed by atoms with Crippen molar-refractivity contribution in [3.05, 3.63) is 24.3 Å². The van der Waals surface area contributed by atoms with Gasteiger partial charge in [-0.2, -0.15) is 0 Å². The predicted molar refractivity (Wildman–Crippen MR) is 69.0 cm³/mol. The molecule has 0 amide bonds. The second kappa shape index (κ2) is 4.66. The van der Waals surface area contributed by atoms with Crippen molar-refractivity contribution < 1.29 is 9.84 Å². The van der Waals surface area contributed by atoms with Crippen LogP contribution < -0.4 is 0 Å². The first kappa shape index (κ1) is 13.0. The number of hydrogen-bond acceptors (Lipinski definition) is 4. The van der Waals surface area contributed by atoms with Crippen molar-refractivity contribution in [2.75, 3.05) is 7.11 Å². The summed E-state index contributed by atoms with van der Waals surface area (Å²) in [5.41, 5.74) is 1.35. The quantitative estimate of drug-likeness (QED) is 0.903. The highest BCUT2D eigenvalue weighted by Crippen LogP contribution is 2.29. The minimum Gasteiger partial charge on any atom is -0.388 e. The van der Waals surface area contributed by atoms with E-state index in [1.165, 1.54) is 0 Å². The van der Waals surface area contributed by atoms with Crippen molar-refractivity contribution in [3.63, 3.8) is 0 Å². The van der Waals surface area contributed by atoms with E-state index in [0.29, 0.717) is 0 Å². The number of benzene rings is 1. The van der Waals surface area contributed by atoms with Crippen molar-refractivity contribution in [2.45, 2.75) is 33.1 Å². The van der Waals surface area contributed by atoms with Gasteiger partial charge < -0.3 is 9.84 Å². The Morgan fingerprint density at radius 1 is 1.28 bits per heavy atom. The average Bonchev–Trinajstić information content (AvgIpc) is 2.73. The van der Waals surface area contributed by atoms with Crippen LogP contribution in [0.3, 0.4) is 0 Å². The lowest BCUT2D eigenvalue weighted by molar-refractivity contribution is -0.107. The lowest BCUT2D eigenvalue weighted by Gasteiger charge is -2.31. The molecule has 2 atom stereocenters. The van der Waals surface area contributed by atoms with Crippen LogP contribution in [0.4, 0.5) is 0 Å². The fourth-order valence-electron chi connectivity index (χ4n) is 1.87. The van der Waals surface area contributed by atoms with Crippen LogP contribution in [0.15, 0.2) is 24.3 Å². The fraction of sp³-hybridized carbons (Fsp3) is 0.538. The van der Waals surface area contributed by atoms with Crippen LogP contribution in [-0.4, -0.2) is 33.3 Å². The largest absolute Gasteiger partial charge is 0.388 e. The lowest BCUT2D eigenvalue weighted by Crippen LogP contribution is -2.37. The van der Waals surface area contributed by atoms with E-state index in [1.54, 1.807) is 11.8 Å². The van der Waals surface area contributed by atoms with Crippen molar-refractivity contribution >= 4 is 11.0 Å². The summed E-state index contributed by atoms with van der Waals surface area (Å²) in [6.07, 6.45) is -1.22. The van der Waals surface area contributed by atoms with Gasteiger partial charge in [-0.1, -0.05) is 38.1 Å². The fourth-order valence-corrected chi connectivity index (χ4v) is 1.87. The number of hydrogen-bond donors (Lipinski definition) is 1. The molecule has 0 aliphatic rings. The molecule has 2 unspecified atom stereocenters. The van der Waals surface area contributed by atoms with Gasteiger partial charge in [-0.3, -0.25) is 0 Å². The molecule has 0 spiro atoms. The minimum absolute atomic E-state index is 0.298. The van der Waals surface area contributed by atoms with Gasteiger partial charge >= 0.3 is 0 Å². The van der Waals surface area contributed by atoms with Gasteiger partial charge in [-0.15, -0.1) is 5.10 Å². The van der Waals surface area contributed by atoms with E-state index < -0.39 is 12.3 Å². The topological polar surface area (TPSA) is 60.2 Å². The molecule has 0 bridgehead atoms. The molecule has 0 aliphatic carbocycles. The highest BCUT2D eigenvalue weighted by molar-refractivity contribution is 5.73. The van der Waals surface area contributed by atoms with Crippen LogP contribution in [0, 0.1) is 5.41 Å². The van der Waals surface area contributed by atoms with E-state index in [1.807, 2.05) is 45.0 Å². The smallest absolute Gasteiger partial charge is 0.178 e. The molecule has 0 aliphatic heterocycles. The monoisotopic (exact) mass is 249 g/mol. The third-order valence-electron chi connectivity index (χ3n) is 3.02. The second-order valence-electron chi connectivity index (χ2n) is 5.46. The number of aliphatic hydroxyl groups is 1. The maximum Gasteiger partial charge on any atom is 0.178 e. The van der Waals surface area contributed by atoms with Gasteiger partial charge in [0.1, 0.15) is 11.6 Å². The van der Waals surface area contributed by atoms with E-state index in [4.69, 9.17) is 4.74 Å². The summed E-state index contributed by atoms with van der Waals surface area (Å²) in [6.45, 7) is 5.88. The first-order valence-electron chi connectivity index (χ1n) is 5.96. The van der Waals surface area contributed by atoms with Crippen molar-refractivity contribution in [3.8, 4) is 0 Å². The zero-order valence-corrected chi connectivity index (χ0v) is 11.2. The highest BCUT2D eigenvalue weighted by atomic mass is 16.5. The molecule has 0 saturated heterocycles. The number of aliphatic hydroxyl groups excluding tert-OH is 1. The van der Waals surface area contributed by atoms with Gasteiger partial charge in [0.15, 0.2) is 6.23 Å². The number of fused-ring (bicyclic) bond motifs is 1. The van der Waals surface area contributed by atoms with E-state index in [9.17, 15) is 5.11 Å². The third-order valence-corrected chi connectivity index (χ3v) is 3.02.